The van der Waals surface area contributed by atoms with Crippen LogP contribution >= 0.6 is 11.8 Å². The average molecular weight is 307 g/mol. The molecule has 1 saturated carbocycles. The smallest absolute Gasteiger partial charge is 0.336 e. The van der Waals surface area contributed by atoms with Crippen molar-refractivity contribution in [2.75, 3.05) is 12.8 Å². The van der Waals surface area contributed by atoms with Crippen LogP contribution in [0.2, 0.25) is 0 Å². The van der Waals surface area contributed by atoms with E-state index in [0.29, 0.717) is 17.7 Å². The van der Waals surface area contributed by atoms with E-state index in [2.05, 4.69) is 11.6 Å². The number of aryl methyl sites for hydroxylation is 2. The highest BCUT2D eigenvalue weighted by atomic mass is 32.2. The predicted molar refractivity (Wildman–Crippen MR) is 85.3 cm³/mol. The molecule has 1 fully saturated rings. The van der Waals surface area contributed by atoms with Crippen molar-refractivity contribution in [3.63, 3.8) is 0 Å². The zero-order chi connectivity index (χ0) is 15.6. The molecule has 0 saturated heterocycles. The molecule has 4 nitrogen and oxygen atoms in total. The number of thioether (sulfide) groups is 1. The van der Waals surface area contributed by atoms with Crippen molar-refractivity contribution >= 4 is 23.6 Å². The zero-order valence-electron chi connectivity index (χ0n) is 12.7. The van der Waals surface area contributed by atoms with Crippen molar-refractivity contribution in [1.82, 2.24) is 5.32 Å². The Hall–Kier alpha value is -1.49. The van der Waals surface area contributed by atoms with Crippen molar-refractivity contribution in [1.29, 1.82) is 0 Å². The quantitative estimate of drug-likeness (QED) is 0.877. The van der Waals surface area contributed by atoms with Gasteiger partial charge >= 0.3 is 5.97 Å². The fraction of sp³-hybridized carbons (Fsp3) is 0.500. The number of aromatic carboxylic acids is 1. The largest absolute Gasteiger partial charge is 0.478 e. The minimum atomic E-state index is -1.05. The van der Waals surface area contributed by atoms with Crippen LogP contribution in [0.4, 0.5) is 0 Å². The second-order valence-corrected chi connectivity index (χ2v) is 6.95. The standard InChI is InChI=1S/C16H21NO3S/c1-10-5-6-11(2)13(15(19)20)12(10)14(18)17-9-16(21-3)7-4-8-16/h5-6H,4,7-9H2,1-3H3,(H,17,18)(H,19,20). The van der Waals surface area contributed by atoms with E-state index in [1.165, 1.54) is 6.42 Å². The molecule has 0 heterocycles. The van der Waals surface area contributed by atoms with Gasteiger partial charge in [-0.1, -0.05) is 18.6 Å². The number of carboxylic acids is 1. The highest BCUT2D eigenvalue weighted by Crippen LogP contribution is 2.42. The van der Waals surface area contributed by atoms with E-state index >= 15 is 0 Å². The van der Waals surface area contributed by atoms with Gasteiger partial charge in [-0.3, -0.25) is 4.79 Å². The van der Waals surface area contributed by atoms with Crippen molar-refractivity contribution in [2.45, 2.75) is 37.9 Å². The van der Waals surface area contributed by atoms with Crippen LogP contribution in [0.3, 0.4) is 0 Å². The molecule has 0 spiro atoms. The Labute approximate surface area is 129 Å². The third kappa shape index (κ3) is 3.07. The van der Waals surface area contributed by atoms with Crippen molar-refractivity contribution in [3.8, 4) is 0 Å². The lowest BCUT2D eigenvalue weighted by atomic mass is 9.84. The first-order chi connectivity index (χ1) is 9.90. The highest BCUT2D eigenvalue weighted by Gasteiger charge is 2.36. The molecule has 0 atom stereocenters. The minimum absolute atomic E-state index is 0.110. The number of carboxylic acid groups (broad SMARTS) is 1. The summed E-state index contributed by atoms with van der Waals surface area (Å²) in [7, 11) is 0. The van der Waals surface area contributed by atoms with Gasteiger partial charge in [0.1, 0.15) is 0 Å². The molecule has 0 radical (unpaired) electrons. The Morgan fingerprint density at radius 3 is 2.24 bits per heavy atom. The Kier molecular flexibility index (Phi) is 4.61. The van der Waals surface area contributed by atoms with Crippen LogP contribution in [-0.4, -0.2) is 34.5 Å². The average Bonchev–Trinajstić information content (AvgIpc) is 2.39. The molecular weight excluding hydrogens is 286 g/mol. The third-order valence-corrected chi connectivity index (χ3v) is 5.75. The fourth-order valence-corrected chi connectivity index (χ4v) is 3.65. The highest BCUT2D eigenvalue weighted by molar-refractivity contribution is 8.00. The Balaban J connectivity index is 2.23. The molecule has 5 heteroatoms. The van der Waals surface area contributed by atoms with Gasteiger partial charge in [0.05, 0.1) is 11.1 Å². The number of carbonyl (C=O) groups excluding carboxylic acids is 1. The second-order valence-electron chi connectivity index (χ2n) is 5.68. The molecule has 0 bridgehead atoms. The number of nitrogens with one attached hydrogen (secondary N) is 1. The van der Waals surface area contributed by atoms with Crippen LogP contribution in [0.25, 0.3) is 0 Å². The fourth-order valence-electron chi connectivity index (χ4n) is 2.73. The SMILES string of the molecule is CSC1(CNC(=O)c2c(C)ccc(C)c2C(=O)O)CCC1. The summed E-state index contributed by atoms with van der Waals surface area (Å²) in [5, 5.41) is 12.3. The van der Waals surface area contributed by atoms with Gasteiger partial charge in [0, 0.05) is 11.3 Å². The monoisotopic (exact) mass is 307 g/mol. The van der Waals surface area contributed by atoms with E-state index < -0.39 is 5.97 Å². The molecule has 1 aliphatic carbocycles. The van der Waals surface area contributed by atoms with Gasteiger partial charge in [0.25, 0.3) is 5.91 Å². The van der Waals surface area contributed by atoms with Gasteiger partial charge in [-0.2, -0.15) is 11.8 Å². The van der Waals surface area contributed by atoms with Gasteiger partial charge < -0.3 is 10.4 Å². The molecule has 0 aliphatic heterocycles. The Morgan fingerprint density at radius 2 is 1.81 bits per heavy atom. The predicted octanol–water partition coefficient (Wildman–Crippen LogP) is 3.02. The molecule has 2 N–H and O–H groups in total. The summed E-state index contributed by atoms with van der Waals surface area (Å²) in [4.78, 5) is 23.9. The maximum Gasteiger partial charge on any atom is 0.336 e. The molecule has 1 aromatic rings. The van der Waals surface area contributed by atoms with Gasteiger partial charge in [-0.05, 0) is 44.1 Å². The van der Waals surface area contributed by atoms with Crippen LogP contribution in [0.1, 0.15) is 51.1 Å². The van der Waals surface area contributed by atoms with Crippen molar-refractivity contribution < 1.29 is 14.7 Å². The Bertz CT molecular complexity index is 574. The summed E-state index contributed by atoms with van der Waals surface area (Å²) in [5.41, 5.74) is 1.71. The first-order valence-corrected chi connectivity index (χ1v) is 8.29. The van der Waals surface area contributed by atoms with Gasteiger partial charge in [-0.25, -0.2) is 4.79 Å². The summed E-state index contributed by atoms with van der Waals surface area (Å²) < 4.78 is 0.136. The van der Waals surface area contributed by atoms with Gasteiger partial charge in [0.2, 0.25) is 0 Å². The second kappa shape index (κ2) is 6.10. The van der Waals surface area contributed by atoms with Crippen LogP contribution in [0.5, 0.6) is 0 Å². The zero-order valence-corrected chi connectivity index (χ0v) is 13.5. The maximum absolute atomic E-state index is 12.5. The van der Waals surface area contributed by atoms with E-state index in [1.807, 2.05) is 0 Å². The van der Waals surface area contributed by atoms with E-state index in [4.69, 9.17) is 0 Å². The lowest BCUT2D eigenvalue weighted by Gasteiger charge is -2.40. The first kappa shape index (κ1) is 15.9. The molecule has 2 rings (SSSR count). The number of carbonyl (C=O) groups is 2. The van der Waals surface area contributed by atoms with Crippen molar-refractivity contribution in [3.05, 3.63) is 34.4 Å². The first-order valence-electron chi connectivity index (χ1n) is 7.07. The van der Waals surface area contributed by atoms with Crippen LogP contribution < -0.4 is 5.32 Å². The molecule has 1 aliphatic rings. The van der Waals surface area contributed by atoms with E-state index in [-0.39, 0.29) is 21.8 Å². The summed E-state index contributed by atoms with van der Waals surface area (Å²) in [5.74, 6) is -1.33. The minimum Gasteiger partial charge on any atom is -0.478 e. The summed E-state index contributed by atoms with van der Waals surface area (Å²) in [6.45, 7) is 4.09. The molecule has 0 unspecified atom stereocenters. The Morgan fingerprint density at radius 1 is 1.24 bits per heavy atom. The number of hydrogen-bond acceptors (Lipinski definition) is 3. The molecule has 1 aromatic carbocycles. The number of hydrogen-bond donors (Lipinski definition) is 2. The van der Waals surface area contributed by atoms with E-state index in [1.54, 1.807) is 37.7 Å². The molecular formula is C16H21NO3S. The topological polar surface area (TPSA) is 66.4 Å². The third-order valence-electron chi connectivity index (χ3n) is 4.33. The molecule has 21 heavy (non-hydrogen) atoms. The van der Waals surface area contributed by atoms with E-state index in [9.17, 15) is 14.7 Å². The maximum atomic E-state index is 12.5. The summed E-state index contributed by atoms with van der Waals surface area (Å²) >= 11 is 1.78. The summed E-state index contributed by atoms with van der Waals surface area (Å²) in [6.07, 6.45) is 5.46. The lowest BCUT2D eigenvalue weighted by molar-refractivity contribution is 0.0689. The molecule has 0 aromatic heterocycles. The van der Waals surface area contributed by atoms with Gasteiger partial charge in [0.15, 0.2) is 0 Å². The number of rotatable bonds is 5. The summed E-state index contributed by atoms with van der Waals surface area (Å²) in [6, 6.07) is 3.54. The molecule has 1 amide bonds. The van der Waals surface area contributed by atoms with Gasteiger partial charge in [-0.15, -0.1) is 0 Å². The number of benzene rings is 1. The van der Waals surface area contributed by atoms with Crippen LogP contribution in [-0.2, 0) is 0 Å². The van der Waals surface area contributed by atoms with Crippen LogP contribution in [0, 0.1) is 13.8 Å². The normalized spacial score (nSPS) is 16.1. The van der Waals surface area contributed by atoms with Crippen LogP contribution in [0.15, 0.2) is 12.1 Å². The number of amides is 1. The van der Waals surface area contributed by atoms with E-state index in [0.717, 1.165) is 12.8 Å². The van der Waals surface area contributed by atoms with Crippen molar-refractivity contribution in [2.24, 2.45) is 0 Å². The lowest BCUT2D eigenvalue weighted by Crippen LogP contribution is -2.45. The molecule has 114 valence electrons.